The first kappa shape index (κ1) is 5.51. The Morgan fingerprint density at radius 3 is 2.67 bits per heavy atom. The van der Waals surface area contributed by atoms with E-state index in [0.717, 1.165) is 0 Å². The van der Waals surface area contributed by atoms with E-state index in [4.69, 9.17) is 5.26 Å². The Hall–Kier alpha value is -1.63. The molecule has 0 saturated carbocycles. The molecular formula is C5H4N4. The second-order valence-corrected chi connectivity index (χ2v) is 1.31. The van der Waals surface area contributed by atoms with Crippen LogP contribution in [0.25, 0.3) is 0 Å². The van der Waals surface area contributed by atoms with Gasteiger partial charge in [-0.05, 0) is 6.07 Å². The molecule has 4 nitrogen and oxygen atoms in total. The fourth-order valence-corrected chi connectivity index (χ4v) is 0.414. The highest BCUT2D eigenvalue weighted by molar-refractivity contribution is 5.27. The van der Waals surface area contributed by atoms with Crippen LogP contribution in [0.1, 0.15) is 0 Å². The maximum Gasteiger partial charge on any atom is 0.235 e. The average Bonchev–Trinajstić information content (AvgIpc) is 1.91. The summed E-state index contributed by atoms with van der Waals surface area (Å²) < 4.78 is 0. The number of nitrogens with one attached hydrogen (secondary N) is 1. The van der Waals surface area contributed by atoms with Crippen LogP contribution in [-0.4, -0.2) is 9.97 Å². The van der Waals surface area contributed by atoms with Crippen molar-refractivity contribution in [3.8, 4) is 6.19 Å². The fourth-order valence-electron chi connectivity index (χ4n) is 0.414. The highest BCUT2D eigenvalue weighted by Crippen LogP contribution is 1.89. The summed E-state index contributed by atoms with van der Waals surface area (Å²) in [5.41, 5.74) is 0. The molecule has 0 aliphatic heterocycles. The Balaban J connectivity index is 2.76. The topological polar surface area (TPSA) is 61.6 Å². The standard InChI is InChI=1S/C5H4N4/c6-4-9-5-7-2-1-3-8-5/h1-3H,(H,7,8,9). The van der Waals surface area contributed by atoms with Crippen LogP contribution in [0.4, 0.5) is 5.95 Å². The van der Waals surface area contributed by atoms with E-state index in [1.807, 2.05) is 0 Å². The largest absolute Gasteiger partial charge is 0.261 e. The minimum absolute atomic E-state index is 0.333. The van der Waals surface area contributed by atoms with Crippen molar-refractivity contribution in [3.63, 3.8) is 0 Å². The van der Waals surface area contributed by atoms with Gasteiger partial charge in [0.2, 0.25) is 5.95 Å². The molecule has 0 unspecified atom stereocenters. The summed E-state index contributed by atoms with van der Waals surface area (Å²) in [6.45, 7) is 0. The Kier molecular flexibility index (Phi) is 1.60. The zero-order chi connectivity index (χ0) is 6.53. The summed E-state index contributed by atoms with van der Waals surface area (Å²) in [4.78, 5) is 7.45. The van der Waals surface area contributed by atoms with Crippen LogP contribution in [0.3, 0.4) is 0 Å². The quantitative estimate of drug-likeness (QED) is 0.429. The van der Waals surface area contributed by atoms with E-state index in [1.165, 1.54) is 0 Å². The molecule has 0 bridgehead atoms. The molecule has 0 atom stereocenters. The Morgan fingerprint density at radius 2 is 2.11 bits per heavy atom. The predicted molar refractivity (Wildman–Crippen MR) is 31.3 cm³/mol. The van der Waals surface area contributed by atoms with Gasteiger partial charge >= 0.3 is 0 Å². The molecule has 1 aromatic rings. The molecule has 4 heteroatoms. The number of rotatable bonds is 1. The molecule has 0 aliphatic carbocycles. The minimum Gasteiger partial charge on any atom is -0.261 e. The molecule has 1 heterocycles. The molecular weight excluding hydrogens is 116 g/mol. The molecule has 9 heavy (non-hydrogen) atoms. The molecule has 0 amide bonds. The van der Waals surface area contributed by atoms with Crippen LogP contribution in [0.5, 0.6) is 0 Å². The first-order valence-corrected chi connectivity index (χ1v) is 2.35. The third-order valence-electron chi connectivity index (χ3n) is 0.733. The number of hydrogen-bond donors (Lipinski definition) is 1. The van der Waals surface area contributed by atoms with E-state index in [2.05, 4.69) is 15.3 Å². The van der Waals surface area contributed by atoms with E-state index < -0.39 is 0 Å². The van der Waals surface area contributed by atoms with Crippen molar-refractivity contribution in [3.05, 3.63) is 18.5 Å². The molecule has 44 valence electrons. The van der Waals surface area contributed by atoms with Gasteiger partial charge in [0.05, 0.1) is 0 Å². The van der Waals surface area contributed by atoms with Gasteiger partial charge in [0, 0.05) is 12.4 Å². The minimum atomic E-state index is 0.333. The van der Waals surface area contributed by atoms with Crippen molar-refractivity contribution in [1.29, 1.82) is 5.26 Å². The maximum atomic E-state index is 8.08. The van der Waals surface area contributed by atoms with Gasteiger partial charge in [-0.25, -0.2) is 9.97 Å². The number of hydrogen-bond acceptors (Lipinski definition) is 4. The first-order chi connectivity index (χ1) is 4.43. The van der Waals surface area contributed by atoms with Crippen molar-refractivity contribution in [2.45, 2.75) is 0 Å². The molecule has 0 saturated heterocycles. The fraction of sp³-hybridized carbons (Fsp3) is 0. The number of nitriles is 1. The Morgan fingerprint density at radius 1 is 1.44 bits per heavy atom. The van der Waals surface area contributed by atoms with Gasteiger partial charge in [0.15, 0.2) is 6.19 Å². The van der Waals surface area contributed by atoms with Crippen molar-refractivity contribution >= 4 is 5.95 Å². The molecule has 1 rings (SSSR count). The second kappa shape index (κ2) is 2.62. The summed E-state index contributed by atoms with van der Waals surface area (Å²) >= 11 is 0. The van der Waals surface area contributed by atoms with E-state index >= 15 is 0 Å². The van der Waals surface area contributed by atoms with Crippen LogP contribution in [-0.2, 0) is 0 Å². The third-order valence-corrected chi connectivity index (χ3v) is 0.733. The van der Waals surface area contributed by atoms with Gasteiger partial charge in [0.25, 0.3) is 0 Å². The van der Waals surface area contributed by atoms with Gasteiger partial charge in [-0.3, -0.25) is 5.32 Å². The Bertz CT molecular complexity index is 212. The lowest BCUT2D eigenvalue weighted by Crippen LogP contribution is -1.92. The highest BCUT2D eigenvalue weighted by Gasteiger charge is 1.85. The van der Waals surface area contributed by atoms with Crippen LogP contribution < -0.4 is 5.32 Å². The molecule has 1 aromatic heterocycles. The van der Waals surface area contributed by atoms with Crippen molar-refractivity contribution in [2.75, 3.05) is 5.32 Å². The zero-order valence-corrected chi connectivity index (χ0v) is 4.57. The smallest absolute Gasteiger partial charge is 0.235 e. The van der Waals surface area contributed by atoms with Gasteiger partial charge in [-0.2, -0.15) is 5.26 Å². The van der Waals surface area contributed by atoms with E-state index in [0.29, 0.717) is 5.95 Å². The molecule has 0 aliphatic rings. The number of anilines is 1. The lowest BCUT2D eigenvalue weighted by atomic mass is 10.7. The van der Waals surface area contributed by atoms with Crippen LogP contribution in [0.15, 0.2) is 18.5 Å². The van der Waals surface area contributed by atoms with Crippen molar-refractivity contribution < 1.29 is 0 Å². The molecule has 0 spiro atoms. The summed E-state index contributed by atoms with van der Waals surface area (Å²) in [6, 6.07) is 1.68. The number of nitrogens with zero attached hydrogens (tertiary/aromatic N) is 3. The summed E-state index contributed by atoms with van der Waals surface area (Å²) in [7, 11) is 0. The maximum absolute atomic E-state index is 8.08. The second-order valence-electron chi connectivity index (χ2n) is 1.31. The summed E-state index contributed by atoms with van der Waals surface area (Å²) in [5, 5.41) is 10.4. The van der Waals surface area contributed by atoms with Gasteiger partial charge in [0.1, 0.15) is 0 Å². The number of aromatic nitrogens is 2. The van der Waals surface area contributed by atoms with Gasteiger partial charge in [-0.1, -0.05) is 0 Å². The van der Waals surface area contributed by atoms with E-state index in [9.17, 15) is 0 Å². The van der Waals surface area contributed by atoms with Crippen LogP contribution >= 0.6 is 0 Å². The van der Waals surface area contributed by atoms with Gasteiger partial charge < -0.3 is 0 Å². The summed E-state index contributed by atoms with van der Waals surface area (Å²) in [5.74, 6) is 0.333. The molecule has 0 aromatic carbocycles. The molecule has 1 N–H and O–H groups in total. The SMILES string of the molecule is N#CNc1ncccn1. The summed E-state index contributed by atoms with van der Waals surface area (Å²) in [6.07, 6.45) is 4.83. The van der Waals surface area contributed by atoms with E-state index in [1.54, 1.807) is 24.7 Å². The lowest BCUT2D eigenvalue weighted by molar-refractivity contribution is 1.17. The zero-order valence-electron chi connectivity index (χ0n) is 4.57. The normalized spacial score (nSPS) is 7.89. The van der Waals surface area contributed by atoms with Gasteiger partial charge in [-0.15, -0.1) is 0 Å². The monoisotopic (exact) mass is 120 g/mol. The van der Waals surface area contributed by atoms with Crippen molar-refractivity contribution in [2.24, 2.45) is 0 Å². The molecule has 0 radical (unpaired) electrons. The first-order valence-electron chi connectivity index (χ1n) is 2.35. The Labute approximate surface area is 52.2 Å². The highest BCUT2D eigenvalue weighted by atomic mass is 15.1. The van der Waals surface area contributed by atoms with Crippen LogP contribution in [0, 0.1) is 11.5 Å². The predicted octanol–water partition coefficient (Wildman–Crippen LogP) is 0.370. The van der Waals surface area contributed by atoms with E-state index in [-0.39, 0.29) is 0 Å². The average molecular weight is 120 g/mol. The third kappa shape index (κ3) is 1.39. The van der Waals surface area contributed by atoms with Crippen molar-refractivity contribution in [1.82, 2.24) is 9.97 Å². The van der Waals surface area contributed by atoms with Crippen LogP contribution in [0.2, 0.25) is 0 Å². The molecule has 0 fully saturated rings. The lowest BCUT2D eigenvalue weighted by Gasteiger charge is -1.88.